The molecule has 1 N–H and O–H groups in total. The van der Waals surface area contributed by atoms with E-state index in [2.05, 4.69) is 20.8 Å². The Morgan fingerprint density at radius 2 is 1.75 bits per heavy atom. The lowest BCUT2D eigenvalue weighted by Crippen LogP contribution is -2.11. The molecule has 2 radical (unpaired) electrons. The number of hydrogen-bond donors (Lipinski definition) is 1. The fraction of sp³-hybridized carbons (Fsp3) is 1.00. The predicted octanol–water partition coefficient (Wildman–Crippen LogP) is 3.01. The summed E-state index contributed by atoms with van der Waals surface area (Å²) in [6, 6.07) is 0.996. The molecule has 0 heterocycles. The van der Waals surface area contributed by atoms with E-state index in [-0.39, 0.29) is 9.76 Å². The standard InChI is InChI=1S/C10H22OSi/c1-4-5-7-10(2,3)8-6-9-12-11/h11H,4-9H2,1-3H3. The molecule has 72 valence electrons. The first-order valence-electron chi connectivity index (χ1n) is 4.99. The van der Waals surface area contributed by atoms with Crippen LogP contribution in [0.25, 0.3) is 0 Å². The van der Waals surface area contributed by atoms with E-state index >= 15 is 0 Å². The Bertz CT molecular complexity index is 102. The molecule has 0 amide bonds. The molecular weight excluding hydrogens is 164 g/mol. The van der Waals surface area contributed by atoms with Gasteiger partial charge in [-0.05, 0) is 24.3 Å². The second-order valence-electron chi connectivity index (χ2n) is 4.28. The van der Waals surface area contributed by atoms with Gasteiger partial charge in [0.1, 0.15) is 0 Å². The molecular formula is C10H22OSi. The van der Waals surface area contributed by atoms with E-state index in [0.29, 0.717) is 5.41 Å². The van der Waals surface area contributed by atoms with Crippen molar-refractivity contribution in [2.24, 2.45) is 5.41 Å². The van der Waals surface area contributed by atoms with E-state index in [1.54, 1.807) is 0 Å². The SMILES string of the molecule is CCCCC(C)(C)CCC[Si]O. The van der Waals surface area contributed by atoms with E-state index in [1.807, 2.05) is 0 Å². The van der Waals surface area contributed by atoms with Crippen molar-refractivity contribution in [3.05, 3.63) is 0 Å². The average molecular weight is 186 g/mol. The molecule has 0 aromatic carbocycles. The molecule has 0 spiro atoms. The third kappa shape index (κ3) is 6.86. The van der Waals surface area contributed by atoms with Gasteiger partial charge in [-0.2, -0.15) is 0 Å². The third-order valence-electron chi connectivity index (χ3n) is 2.35. The summed E-state index contributed by atoms with van der Waals surface area (Å²) in [5.41, 5.74) is 0.496. The smallest absolute Gasteiger partial charge is 0.224 e. The lowest BCUT2D eigenvalue weighted by Gasteiger charge is -2.23. The van der Waals surface area contributed by atoms with Crippen LogP contribution in [0.15, 0.2) is 0 Å². The molecule has 0 unspecified atom stereocenters. The summed E-state index contributed by atoms with van der Waals surface area (Å²) >= 11 is 0. The highest BCUT2D eigenvalue weighted by Crippen LogP contribution is 2.29. The maximum atomic E-state index is 8.67. The van der Waals surface area contributed by atoms with Gasteiger partial charge in [0.05, 0.1) is 0 Å². The second kappa shape index (κ2) is 6.67. The summed E-state index contributed by atoms with van der Waals surface area (Å²) in [6.07, 6.45) is 6.42. The van der Waals surface area contributed by atoms with Crippen molar-refractivity contribution in [2.45, 2.75) is 58.9 Å². The highest BCUT2D eigenvalue weighted by atomic mass is 28.2. The van der Waals surface area contributed by atoms with Crippen LogP contribution in [0, 0.1) is 5.41 Å². The summed E-state index contributed by atoms with van der Waals surface area (Å²) in [7, 11) is 0.146. The maximum Gasteiger partial charge on any atom is 0.224 e. The van der Waals surface area contributed by atoms with Crippen LogP contribution >= 0.6 is 0 Å². The summed E-state index contributed by atoms with van der Waals surface area (Å²) in [4.78, 5) is 8.67. The van der Waals surface area contributed by atoms with E-state index in [1.165, 1.54) is 32.1 Å². The molecule has 0 fully saturated rings. The minimum absolute atomic E-state index is 0.146. The largest absolute Gasteiger partial charge is 0.432 e. The first kappa shape index (κ1) is 12.2. The summed E-state index contributed by atoms with van der Waals surface area (Å²) in [5, 5.41) is 0. The van der Waals surface area contributed by atoms with Gasteiger partial charge in [0.15, 0.2) is 0 Å². The molecule has 1 nitrogen and oxygen atoms in total. The molecule has 12 heavy (non-hydrogen) atoms. The molecule has 0 atom stereocenters. The van der Waals surface area contributed by atoms with Crippen LogP contribution in [0.1, 0.15) is 52.9 Å². The molecule has 0 aliphatic rings. The van der Waals surface area contributed by atoms with E-state index in [0.717, 1.165) is 6.04 Å². The fourth-order valence-electron chi connectivity index (χ4n) is 1.43. The normalized spacial score (nSPS) is 12.0. The van der Waals surface area contributed by atoms with E-state index in [4.69, 9.17) is 4.80 Å². The molecule has 0 saturated carbocycles. The zero-order valence-corrected chi connectivity index (χ0v) is 9.69. The molecule has 0 bridgehead atoms. The van der Waals surface area contributed by atoms with Crippen molar-refractivity contribution < 1.29 is 4.80 Å². The Kier molecular flexibility index (Phi) is 6.77. The summed E-state index contributed by atoms with van der Waals surface area (Å²) < 4.78 is 0. The topological polar surface area (TPSA) is 20.2 Å². The van der Waals surface area contributed by atoms with Gasteiger partial charge < -0.3 is 4.80 Å². The van der Waals surface area contributed by atoms with Gasteiger partial charge in [0.2, 0.25) is 9.76 Å². The van der Waals surface area contributed by atoms with Gasteiger partial charge >= 0.3 is 0 Å². The maximum absolute atomic E-state index is 8.67. The van der Waals surface area contributed by atoms with Crippen molar-refractivity contribution >= 4 is 9.76 Å². The second-order valence-corrected chi connectivity index (χ2v) is 5.10. The fourth-order valence-corrected chi connectivity index (χ4v) is 1.76. The number of rotatable bonds is 7. The monoisotopic (exact) mass is 186 g/mol. The lowest BCUT2D eigenvalue weighted by atomic mass is 9.83. The van der Waals surface area contributed by atoms with Crippen LogP contribution < -0.4 is 0 Å². The third-order valence-corrected chi connectivity index (χ3v) is 2.93. The van der Waals surface area contributed by atoms with Crippen LogP contribution in [-0.2, 0) is 0 Å². The van der Waals surface area contributed by atoms with Crippen molar-refractivity contribution in [2.75, 3.05) is 0 Å². The van der Waals surface area contributed by atoms with Crippen LogP contribution in [0.4, 0.5) is 0 Å². The zero-order chi connectivity index (χ0) is 9.45. The van der Waals surface area contributed by atoms with Gasteiger partial charge in [-0.15, -0.1) is 0 Å². The molecule has 0 aromatic rings. The molecule has 0 aliphatic heterocycles. The van der Waals surface area contributed by atoms with Crippen LogP contribution in [0.2, 0.25) is 6.04 Å². The van der Waals surface area contributed by atoms with Gasteiger partial charge in [-0.25, -0.2) is 0 Å². The Morgan fingerprint density at radius 1 is 1.17 bits per heavy atom. The first-order valence-corrected chi connectivity index (χ1v) is 6.15. The van der Waals surface area contributed by atoms with E-state index < -0.39 is 0 Å². The van der Waals surface area contributed by atoms with E-state index in [9.17, 15) is 0 Å². The Morgan fingerprint density at radius 3 is 2.25 bits per heavy atom. The minimum atomic E-state index is 0.146. The first-order chi connectivity index (χ1) is 5.62. The molecule has 0 rings (SSSR count). The highest BCUT2D eigenvalue weighted by molar-refractivity contribution is 6.25. The Labute approximate surface area is 79.5 Å². The van der Waals surface area contributed by atoms with Gasteiger partial charge in [0.25, 0.3) is 0 Å². The summed E-state index contributed by atoms with van der Waals surface area (Å²) in [5.74, 6) is 0. The number of hydrogen-bond acceptors (Lipinski definition) is 1. The highest BCUT2D eigenvalue weighted by Gasteiger charge is 2.15. The quantitative estimate of drug-likeness (QED) is 0.479. The zero-order valence-electron chi connectivity index (χ0n) is 8.69. The van der Waals surface area contributed by atoms with Crippen LogP contribution in [0.5, 0.6) is 0 Å². The molecule has 0 saturated heterocycles. The van der Waals surface area contributed by atoms with Crippen LogP contribution in [0.3, 0.4) is 0 Å². The van der Waals surface area contributed by atoms with Crippen molar-refractivity contribution in [1.29, 1.82) is 0 Å². The molecule has 0 aliphatic carbocycles. The van der Waals surface area contributed by atoms with Crippen molar-refractivity contribution in [3.63, 3.8) is 0 Å². The van der Waals surface area contributed by atoms with Gasteiger partial charge in [0, 0.05) is 0 Å². The molecule has 0 aromatic heterocycles. The van der Waals surface area contributed by atoms with Crippen LogP contribution in [-0.4, -0.2) is 14.6 Å². The lowest BCUT2D eigenvalue weighted by molar-refractivity contribution is 0.294. The number of unbranched alkanes of at least 4 members (excludes halogenated alkanes) is 1. The average Bonchev–Trinajstić information content (AvgIpc) is 2.01. The summed E-state index contributed by atoms with van der Waals surface area (Å²) in [6.45, 7) is 6.91. The van der Waals surface area contributed by atoms with Gasteiger partial charge in [-0.3, -0.25) is 0 Å². The van der Waals surface area contributed by atoms with Gasteiger partial charge in [-0.1, -0.05) is 40.0 Å². The molecule has 2 heteroatoms. The van der Waals surface area contributed by atoms with Crippen molar-refractivity contribution in [1.82, 2.24) is 0 Å². The Hall–Kier alpha value is 0.177. The predicted molar refractivity (Wildman–Crippen MR) is 55.3 cm³/mol. The minimum Gasteiger partial charge on any atom is -0.432 e. The van der Waals surface area contributed by atoms with Crippen molar-refractivity contribution in [3.8, 4) is 0 Å². The Balaban J connectivity index is 3.42.